The van der Waals surface area contributed by atoms with Gasteiger partial charge in [-0.15, -0.1) is 11.3 Å². The monoisotopic (exact) mass is 317 g/mol. The van der Waals surface area contributed by atoms with Gasteiger partial charge in [0.25, 0.3) is 5.91 Å². The van der Waals surface area contributed by atoms with Crippen LogP contribution in [0.4, 0.5) is 11.5 Å². The molecule has 2 aromatic heterocycles. The zero-order chi connectivity index (χ0) is 15.5. The Morgan fingerprint density at radius 1 is 1.32 bits per heavy atom. The number of pyridine rings is 1. The average Bonchev–Trinajstić information content (AvgIpc) is 2.88. The molecule has 0 saturated carbocycles. The van der Waals surface area contributed by atoms with Crippen LogP contribution in [0.15, 0.2) is 24.4 Å². The van der Waals surface area contributed by atoms with Crippen LogP contribution in [0.3, 0.4) is 0 Å². The van der Waals surface area contributed by atoms with Crippen LogP contribution >= 0.6 is 11.3 Å². The number of carbonyl (C=O) groups is 1. The van der Waals surface area contributed by atoms with Crippen molar-refractivity contribution in [2.75, 3.05) is 36.5 Å². The Balaban J connectivity index is 1.68. The summed E-state index contributed by atoms with van der Waals surface area (Å²) in [6, 6.07) is 5.75. The van der Waals surface area contributed by atoms with Gasteiger partial charge in [-0.2, -0.15) is 0 Å². The molecular weight excluding hydrogens is 298 g/mol. The van der Waals surface area contributed by atoms with E-state index in [4.69, 9.17) is 4.74 Å². The molecular formula is C16H19N3O2S. The number of anilines is 2. The van der Waals surface area contributed by atoms with Gasteiger partial charge in [0.1, 0.15) is 5.82 Å². The first-order chi connectivity index (χ1) is 10.6. The summed E-state index contributed by atoms with van der Waals surface area (Å²) in [5, 5.41) is 2.90. The van der Waals surface area contributed by atoms with Crippen molar-refractivity contribution in [2.24, 2.45) is 0 Å². The molecule has 1 saturated heterocycles. The van der Waals surface area contributed by atoms with Crippen LogP contribution in [0.1, 0.15) is 20.1 Å². The van der Waals surface area contributed by atoms with Crippen LogP contribution in [0.5, 0.6) is 0 Å². The second-order valence-electron chi connectivity index (χ2n) is 5.29. The lowest BCUT2D eigenvalue weighted by Gasteiger charge is -2.27. The third-order valence-electron chi connectivity index (χ3n) is 3.63. The molecule has 0 spiro atoms. The highest BCUT2D eigenvalue weighted by Crippen LogP contribution is 2.22. The number of rotatable bonds is 3. The van der Waals surface area contributed by atoms with Crippen molar-refractivity contribution < 1.29 is 9.53 Å². The van der Waals surface area contributed by atoms with Gasteiger partial charge in [-0.3, -0.25) is 4.79 Å². The topological polar surface area (TPSA) is 54.5 Å². The summed E-state index contributed by atoms with van der Waals surface area (Å²) in [4.78, 5) is 21.1. The normalized spacial score (nSPS) is 14.9. The van der Waals surface area contributed by atoms with Gasteiger partial charge in [0, 0.05) is 22.8 Å². The summed E-state index contributed by atoms with van der Waals surface area (Å²) in [5.74, 6) is 0.839. The first-order valence-electron chi connectivity index (χ1n) is 7.30. The lowest BCUT2D eigenvalue weighted by molar-refractivity contribution is 0.102. The molecule has 0 unspecified atom stereocenters. The molecule has 0 aliphatic carbocycles. The van der Waals surface area contributed by atoms with Crippen LogP contribution < -0.4 is 10.2 Å². The van der Waals surface area contributed by atoms with Crippen molar-refractivity contribution in [1.82, 2.24) is 4.98 Å². The number of nitrogens with one attached hydrogen (secondary N) is 1. The van der Waals surface area contributed by atoms with Crippen molar-refractivity contribution in [3.63, 3.8) is 0 Å². The van der Waals surface area contributed by atoms with Crippen LogP contribution in [-0.2, 0) is 4.74 Å². The maximum absolute atomic E-state index is 12.3. The Hall–Kier alpha value is -1.92. The lowest BCUT2D eigenvalue weighted by atomic mass is 10.2. The van der Waals surface area contributed by atoms with Crippen molar-refractivity contribution in [3.05, 3.63) is 39.7 Å². The first kappa shape index (κ1) is 15.0. The Kier molecular flexibility index (Phi) is 4.40. The molecule has 2 aromatic rings. The zero-order valence-electron chi connectivity index (χ0n) is 12.8. The molecule has 0 bridgehead atoms. The van der Waals surface area contributed by atoms with Gasteiger partial charge in [0.05, 0.1) is 30.7 Å². The molecule has 3 heterocycles. The maximum Gasteiger partial charge on any atom is 0.256 e. The molecule has 3 rings (SSSR count). The molecule has 116 valence electrons. The molecule has 1 aliphatic rings. The van der Waals surface area contributed by atoms with E-state index in [1.807, 2.05) is 32.0 Å². The van der Waals surface area contributed by atoms with E-state index in [0.29, 0.717) is 5.69 Å². The molecule has 1 amide bonds. The van der Waals surface area contributed by atoms with Crippen molar-refractivity contribution in [1.29, 1.82) is 0 Å². The van der Waals surface area contributed by atoms with E-state index >= 15 is 0 Å². The maximum atomic E-state index is 12.3. The first-order valence-corrected chi connectivity index (χ1v) is 8.12. The Bertz CT molecular complexity index is 661. The fourth-order valence-corrected chi connectivity index (χ4v) is 3.42. The number of thiophene rings is 1. The molecule has 1 aliphatic heterocycles. The van der Waals surface area contributed by atoms with Crippen molar-refractivity contribution in [2.45, 2.75) is 13.8 Å². The van der Waals surface area contributed by atoms with E-state index in [0.717, 1.165) is 47.4 Å². The smallest absolute Gasteiger partial charge is 0.256 e. The number of amides is 1. The minimum atomic E-state index is -0.0808. The molecule has 0 atom stereocenters. The number of hydrogen-bond acceptors (Lipinski definition) is 5. The van der Waals surface area contributed by atoms with Crippen LogP contribution in [0, 0.1) is 13.8 Å². The molecule has 0 radical (unpaired) electrons. The van der Waals surface area contributed by atoms with Gasteiger partial charge in [-0.05, 0) is 32.0 Å². The highest BCUT2D eigenvalue weighted by atomic mass is 32.1. The summed E-state index contributed by atoms with van der Waals surface area (Å²) < 4.78 is 5.33. The highest BCUT2D eigenvalue weighted by molar-refractivity contribution is 7.12. The standard InChI is InChI=1S/C16H19N3O2S/c1-11-9-14(12(2)22-11)16(20)18-13-3-4-15(17-10-13)19-5-7-21-8-6-19/h3-4,9-10H,5-8H2,1-2H3,(H,18,20). The van der Waals surface area contributed by atoms with Gasteiger partial charge in [0.2, 0.25) is 0 Å². The minimum absolute atomic E-state index is 0.0808. The zero-order valence-corrected chi connectivity index (χ0v) is 13.6. The molecule has 6 heteroatoms. The van der Waals surface area contributed by atoms with Gasteiger partial charge in [-0.1, -0.05) is 0 Å². The number of carbonyl (C=O) groups excluding carboxylic acids is 1. The predicted octanol–water partition coefficient (Wildman–Crippen LogP) is 2.85. The summed E-state index contributed by atoms with van der Waals surface area (Å²) in [7, 11) is 0. The van der Waals surface area contributed by atoms with Crippen molar-refractivity contribution in [3.8, 4) is 0 Å². The van der Waals surface area contributed by atoms with Gasteiger partial charge < -0.3 is 15.0 Å². The van der Waals surface area contributed by atoms with Crippen LogP contribution in [-0.4, -0.2) is 37.2 Å². The van der Waals surface area contributed by atoms with E-state index in [1.165, 1.54) is 0 Å². The number of hydrogen-bond donors (Lipinski definition) is 1. The SMILES string of the molecule is Cc1cc(C(=O)Nc2ccc(N3CCOCC3)nc2)c(C)s1. The quantitative estimate of drug-likeness (QED) is 0.946. The molecule has 1 fully saturated rings. The fourth-order valence-electron chi connectivity index (χ4n) is 2.49. The Morgan fingerprint density at radius 2 is 2.09 bits per heavy atom. The summed E-state index contributed by atoms with van der Waals surface area (Å²) in [6.45, 7) is 7.14. The largest absolute Gasteiger partial charge is 0.378 e. The number of morpholine rings is 1. The number of nitrogens with zero attached hydrogens (tertiary/aromatic N) is 2. The minimum Gasteiger partial charge on any atom is -0.378 e. The Morgan fingerprint density at radius 3 is 2.68 bits per heavy atom. The second-order valence-corrected chi connectivity index (χ2v) is 6.75. The van der Waals surface area contributed by atoms with Gasteiger partial charge in [0.15, 0.2) is 0 Å². The number of aromatic nitrogens is 1. The summed E-state index contributed by atoms with van der Waals surface area (Å²) in [5.41, 5.74) is 1.45. The van der Waals surface area contributed by atoms with E-state index < -0.39 is 0 Å². The van der Waals surface area contributed by atoms with E-state index in [-0.39, 0.29) is 5.91 Å². The fraction of sp³-hybridized carbons (Fsp3) is 0.375. The third kappa shape index (κ3) is 3.28. The molecule has 5 nitrogen and oxygen atoms in total. The predicted molar refractivity (Wildman–Crippen MR) is 89.0 cm³/mol. The highest BCUT2D eigenvalue weighted by Gasteiger charge is 2.14. The van der Waals surface area contributed by atoms with E-state index in [1.54, 1.807) is 17.5 Å². The van der Waals surface area contributed by atoms with Gasteiger partial charge >= 0.3 is 0 Å². The second kappa shape index (κ2) is 6.46. The number of aryl methyl sites for hydroxylation is 2. The van der Waals surface area contributed by atoms with Gasteiger partial charge in [-0.25, -0.2) is 4.98 Å². The molecule has 0 aromatic carbocycles. The van der Waals surface area contributed by atoms with Crippen molar-refractivity contribution >= 4 is 28.7 Å². The Labute approximate surface area is 133 Å². The summed E-state index contributed by atoms with van der Waals surface area (Å²) in [6.07, 6.45) is 1.71. The van der Waals surface area contributed by atoms with E-state index in [2.05, 4.69) is 15.2 Å². The molecule has 22 heavy (non-hydrogen) atoms. The van der Waals surface area contributed by atoms with E-state index in [9.17, 15) is 4.79 Å². The third-order valence-corrected chi connectivity index (χ3v) is 4.59. The number of ether oxygens (including phenoxy) is 1. The average molecular weight is 317 g/mol. The van der Waals surface area contributed by atoms with Crippen LogP contribution in [0.2, 0.25) is 0 Å². The lowest BCUT2D eigenvalue weighted by Crippen LogP contribution is -2.36. The van der Waals surface area contributed by atoms with Crippen LogP contribution in [0.25, 0.3) is 0 Å². The summed E-state index contributed by atoms with van der Waals surface area (Å²) >= 11 is 1.63. The molecule has 1 N–H and O–H groups in total.